The largest absolute Gasteiger partial charge is 0.435 e. The minimum Gasteiger partial charge on any atom is -0.435 e. The first-order chi connectivity index (χ1) is 8.16. The second-order valence-electron chi connectivity index (χ2n) is 4.72. The highest BCUT2D eigenvalue weighted by atomic mass is 16.4. The van der Waals surface area contributed by atoms with Crippen molar-refractivity contribution in [3.05, 3.63) is 17.8 Å². The molecule has 1 aliphatic rings. The van der Waals surface area contributed by atoms with Gasteiger partial charge in [-0.05, 0) is 39.8 Å². The van der Waals surface area contributed by atoms with Gasteiger partial charge < -0.3 is 15.1 Å². The lowest BCUT2D eigenvalue weighted by Gasteiger charge is -2.19. The summed E-state index contributed by atoms with van der Waals surface area (Å²) in [6.07, 6.45) is 3.56. The third-order valence-electron chi connectivity index (χ3n) is 2.86. The van der Waals surface area contributed by atoms with Gasteiger partial charge in [0.2, 0.25) is 5.76 Å². The summed E-state index contributed by atoms with van der Waals surface area (Å²) in [6, 6.07) is 0.106. The molecule has 0 saturated carbocycles. The first-order valence-corrected chi connectivity index (χ1v) is 6.14. The van der Waals surface area contributed by atoms with Gasteiger partial charge in [0.1, 0.15) is 0 Å². The zero-order valence-corrected chi connectivity index (χ0v) is 10.3. The van der Waals surface area contributed by atoms with Crippen molar-refractivity contribution in [2.75, 3.05) is 13.1 Å². The van der Waals surface area contributed by atoms with Gasteiger partial charge in [0.15, 0.2) is 5.89 Å². The van der Waals surface area contributed by atoms with Crippen LogP contribution in [-0.4, -0.2) is 30.0 Å². The van der Waals surface area contributed by atoms with E-state index in [1.807, 2.05) is 13.8 Å². The number of carbonyl (C=O) groups excluding carboxylic acids is 1. The average molecular weight is 237 g/mol. The van der Waals surface area contributed by atoms with Crippen LogP contribution in [0.2, 0.25) is 0 Å². The van der Waals surface area contributed by atoms with E-state index in [-0.39, 0.29) is 11.9 Å². The summed E-state index contributed by atoms with van der Waals surface area (Å²) in [5, 5.41) is 6.08. The normalized spacial score (nSPS) is 17.4. The van der Waals surface area contributed by atoms with E-state index < -0.39 is 0 Å². The van der Waals surface area contributed by atoms with Crippen LogP contribution < -0.4 is 10.6 Å². The molecule has 0 radical (unpaired) electrons. The number of nitrogens with zero attached hydrogens (tertiary/aromatic N) is 1. The summed E-state index contributed by atoms with van der Waals surface area (Å²) in [7, 11) is 0. The Kier molecular flexibility index (Phi) is 3.78. The van der Waals surface area contributed by atoms with Crippen molar-refractivity contribution in [2.24, 2.45) is 0 Å². The topological polar surface area (TPSA) is 67.2 Å². The number of oxazole rings is 1. The highest BCUT2D eigenvalue weighted by Gasteiger charge is 2.21. The van der Waals surface area contributed by atoms with Crippen molar-refractivity contribution >= 4 is 5.91 Å². The first kappa shape index (κ1) is 12.1. The van der Waals surface area contributed by atoms with E-state index in [1.54, 1.807) is 0 Å². The Morgan fingerprint density at radius 3 is 2.88 bits per heavy atom. The van der Waals surface area contributed by atoms with Gasteiger partial charge in [-0.25, -0.2) is 4.98 Å². The van der Waals surface area contributed by atoms with E-state index in [0.717, 1.165) is 25.9 Å². The second kappa shape index (κ2) is 5.31. The number of rotatable bonds is 3. The number of aromatic nitrogens is 1. The zero-order chi connectivity index (χ0) is 12.3. The summed E-state index contributed by atoms with van der Waals surface area (Å²) in [6.45, 7) is 5.81. The molecule has 1 aromatic heterocycles. The minimum atomic E-state index is -0.187. The molecule has 1 amide bonds. The maximum Gasteiger partial charge on any atom is 0.288 e. The molecule has 94 valence electrons. The van der Waals surface area contributed by atoms with E-state index in [1.165, 1.54) is 6.20 Å². The molecule has 1 saturated heterocycles. The van der Waals surface area contributed by atoms with E-state index in [4.69, 9.17) is 4.42 Å². The number of hydrogen-bond acceptors (Lipinski definition) is 4. The number of nitrogens with one attached hydrogen (secondary N) is 2. The average Bonchev–Trinajstić information content (AvgIpc) is 2.78. The molecular weight excluding hydrogens is 218 g/mol. The van der Waals surface area contributed by atoms with E-state index in [9.17, 15) is 4.79 Å². The molecule has 1 fully saturated rings. The summed E-state index contributed by atoms with van der Waals surface area (Å²) < 4.78 is 5.53. The number of amides is 1. The Labute approximate surface area is 101 Å². The summed E-state index contributed by atoms with van der Waals surface area (Å²) in [4.78, 5) is 15.9. The smallest absolute Gasteiger partial charge is 0.288 e. The summed E-state index contributed by atoms with van der Waals surface area (Å²) in [5.74, 6) is 1.16. The Hall–Kier alpha value is -1.36. The molecule has 5 heteroatoms. The maximum atomic E-state index is 11.7. The summed E-state index contributed by atoms with van der Waals surface area (Å²) >= 11 is 0. The lowest BCUT2D eigenvalue weighted by Crippen LogP contribution is -2.29. The molecule has 2 rings (SSSR count). The van der Waals surface area contributed by atoms with E-state index in [0.29, 0.717) is 17.6 Å². The van der Waals surface area contributed by atoms with Crippen LogP contribution in [0.1, 0.15) is 49.1 Å². The quantitative estimate of drug-likeness (QED) is 0.831. The standard InChI is InChI=1S/C12H19N3O2/c1-8(2)15-11(16)10-7-14-12(17-10)9-3-5-13-6-4-9/h7-9,13H,3-6H2,1-2H3,(H,15,16). The molecule has 2 heterocycles. The van der Waals surface area contributed by atoms with Gasteiger partial charge in [-0.2, -0.15) is 0 Å². The Morgan fingerprint density at radius 1 is 1.53 bits per heavy atom. The lowest BCUT2D eigenvalue weighted by atomic mass is 9.98. The molecule has 2 N–H and O–H groups in total. The second-order valence-corrected chi connectivity index (χ2v) is 4.72. The molecule has 0 bridgehead atoms. The monoisotopic (exact) mass is 237 g/mol. The van der Waals surface area contributed by atoms with Gasteiger partial charge >= 0.3 is 0 Å². The molecule has 0 spiro atoms. The number of carbonyl (C=O) groups is 1. The van der Waals surface area contributed by atoms with Crippen molar-refractivity contribution in [1.82, 2.24) is 15.6 Å². The molecule has 0 aliphatic carbocycles. The third-order valence-corrected chi connectivity index (χ3v) is 2.86. The van der Waals surface area contributed by atoms with E-state index >= 15 is 0 Å². The van der Waals surface area contributed by atoms with Crippen molar-refractivity contribution in [2.45, 2.75) is 38.6 Å². The van der Waals surface area contributed by atoms with Gasteiger partial charge in [-0.15, -0.1) is 0 Å². The van der Waals surface area contributed by atoms with Crippen molar-refractivity contribution in [1.29, 1.82) is 0 Å². The fourth-order valence-corrected chi connectivity index (χ4v) is 1.98. The first-order valence-electron chi connectivity index (χ1n) is 6.14. The maximum absolute atomic E-state index is 11.7. The van der Waals surface area contributed by atoms with Crippen LogP contribution in [0.3, 0.4) is 0 Å². The van der Waals surface area contributed by atoms with Gasteiger partial charge in [-0.1, -0.05) is 0 Å². The molecule has 17 heavy (non-hydrogen) atoms. The van der Waals surface area contributed by atoms with Crippen molar-refractivity contribution in [3.63, 3.8) is 0 Å². The zero-order valence-electron chi connectivity index (χ0n) is 10.3. The van der Waals surface area contributed by atoms with Crippen LogP contribution in [0.25, 0.3) is 0 Å². The van der Waals surface area contributed by atoms with Crippen LogP contribution >= 0.6 is 0 Å². The van der Waals surface area contributed by atoms with Gasteiger partial charge in [-0.3, -0.25) is 4.79 Å². The van der Waals surface area contributed by atoms with Crippen LogP contribution in [-0.2, 0) is 0 Å². The molecule has 1 aromatic rings. The van der Waals surface area contributed by atoms with Crippen LogP contribution in [0.5, 0.6) is 0 Å². The number of piperidine rings is 1. The van der Waals surface area contributed by atoms with Gasteiger partial charge in [0.25, 0.3) is 5.91 Å². The Bertz CT molecular complexity index is 381. The lowest BCUT2D eigenvalue weighted by molar-refractivity contribution is 0.0912. The van der Waals surface area contributed by atoms with Gasteiger partial charge in [0.05, 0.1) is 6.20 Å². The highest BCUT2D eigenvalue weighted by Crippen LogP contribution is 2.24. The highest BCUT2D eigenvalue weighted by molar-refractivity contribution is 5.91. The third kappa shape index (κ3) is 3.06. The van der Waals surface area contributed by atoms with Crippen LogP contribution in [0.15, 0.2) is 10.6 Å². The van der Waals surface area contributed by atoms with Crippen LogP contribution in [0, 0.1) is 0 Å². The minimum absolute atomic E-state index is 0.106. The fourth-order valence-electron chi connectivity index (χ4n) is 1.98. The molecule has 0 aromatic carbocycles. The molecule has 0 unspecified atom stereocenters. The van der Waals surface area contributed by atoms with Crippen molar-refractivity contribution < 1.29 is 9.21 Å². The van der Waals surface area contributed by atoms with E-state index in [2.05, 4.69) is 15.6 Å². The molecule has 1 aliphatic heterocycles. The predicted molar refractivity (Wildman–Crippen MR) is 63.9 cm³/mol. The Balaban J connectivity index is 2.02. The molecular formula is C12H19N3O2. The van der Waals surface area contributed by atoms with Crippen LogP contribution in [0.4, 0.5) is 0 Å². The molecule has 0 atom stereocenters. The molecule has 5 nitrogen and oxygen atoms in total. The summed E-state index contributed by atoms with van der Waals surface area (Å²) in [5.41, 5.74) is 0. The van der Waals surface area contributed by atoms with Gasteiger partial charge in [0, 0.05) is 12.0 Å². The Morgan fingerprint density at radius 2 is 2.24 bits per heavy atom. The number of hydrogen-bond donors (Lipinski definition) is 2. The predicted octanol–water partition coefficient (Wildman–Crippen LogP) is 1.28. The SMILES string of the molecule is CC(C)NC(=O)c1cnc(C2CCNCC2)o1. The fraction of sp³-hybridized carbons (Fsp3) is 0.667. The van der Waals surface area contributed by atoms with Crippen molar-refractivity contribution in [3.8, 4) is 0 Å².